The number of fused-ring (bicyclic) bond motifs is 1. The van der Waals surface area contributed by atoms with E-state index in [2.05, 4.69) is 11.4 Å². The Hall–Kier alpha value is -3.54. The molecule has 0 saturated heterocycles. The van der Waals surface area contributed by atoms with Crippen LogP contribution in [0.15, 0.2) is 65.9 Å². The lowest BCUT2D eigenvalue weighted by atomic mass is 9.97. The van der Waals surface area contributed by atoms with Crippen LogP contribution in [0, 0.1) is 0 Å². The molecule has 166 valence electrons. The zero-order chi connectivity index (χ0) is 22.3. The molecule has 2 aromatic carbocycles. The van der Waals surface area contributed by atoms with E-state index in [1.807, 2.05) is 36.4 Å². The van der Waals surface area contributed by atoms with Crippen molar-refractivity contribution in [3.8, 4) is 11.5 Å². The van der Waals surface area contributed by atoms with E-state index in [0.717, 1.165) is 24.8 Å². The zero-order valence-electron chi connectivity index (χ0n) is 18.3. The molecule has 2 aliphatic rings. The predicted octanol–water partition coefficient (Wildman–Crippen LogP) is 4.47. The highest BCUT2D eigenvalue weighted by Gasteiger charge is 2.31. The number of ether oxygens (including phenoxy) is 2. The molecule has 0 unspecified atom stereocenters. The third-order valence-corrected chi connectivity index (χ3v) is 5.68. The Balaban J connectivity index is 1.48. The Labute approximate surface area is 188 Å². The molecule has 1 aliphatic heterocycles. The van der Waals surface area contributed by atoms with Crippen molar-refractivity contribution in [2.75, 3.05) is 25.1 Å². The molecule has 0 aromatic heterocycles. The fourth-order valence-corrected chi connectivity index (χ4v) is 4.00. The maximum absolute atomic E-state index is 13.2. The van der Waals surface area contributed by atoms with Crippen LogP contribution in [0.4, 0.5) is 5.69 Å². The Kier molecular flexibility index (Phi) is 6.90. The van der Waals surface area contributed by atoms with Crippen molar-refractivity contribution >= 4 is 23.6 Å². The number of rotatable bonds is 7. The first-order valence-corrected chi connectivity index (χ1v) is 11.0. The Morgan fingerprint density at radius 2 is 2.06 bits per heavy atom. The molecule has 0 radical (unpaired) electrons. The molecule has 6 heteroatoms. The van der Waals surface area contributed by atoms with Gasteiger partial charge >= 0.3 is 0 Å². The van der Waals surface area contributed by atoms with E-state index in [0.29, 0.717) is 23.7 Å². The maximum Gasteiger partial charge on any atom is 0.294 e. The molecule has 2 aromatic rings. The molecular weight excluding hydrogens is 404 g/mol. The van der Waals surface area contributed by atoms with Crippen LogP contribution in [0.1, 0.15) is 37.7 Å². The summed E-state index contributed by atoms with van der Waals surface area (Å²) in [5.41, 5.74) is 2.77. The number of benzene rings is 2. The van der Waals surface area contributed by atoms with E-state index in [1.165, 1.54) is 23.3 Å². The summed E-state index contributed by atoms with van der Waals surface area (Å²) in [5.74, 6) is 0.856. The lowest BCUT2D eigenvalue weighted by molar-refractivity contribution is -0.123. The second kappa shape index (κ2) is 10.2. The normalized spacial score (nSPS) is 16.8. The summed E-state index contributed by atoms with van der Waals surface area (Å²) in [6.45, 7) is 0.519. The van der Waals surface area contributed by atoms with Gasteiger partial charge in [0.1, 0.15) is 12.3 Å². The van der Waals surface area contributed by atoms with Gasteiger partial charge < -0.3 is 14.8 Å². The van der Waals surface area contributed by atoms with Gasteiger partial charge in [-0.1, -0.05) is 35.9 Å². The first-order chi connectivity index (χ1) is 15.6. The maximum atomic E-state index is 13.2. The zero-order valence-corrected chi connectivity index (χ0v) is 18.3. The average Bonchev–Trinajstić information content (AvgIpc) is 2.82. The van der Waals surface area contributed by atoms with Crippen LogP contribution in [0.2, 0.25) is 0 Å². The minimum atomic E-state index is -0.350. The molecule has 6 nitrogen and oxygen atoms in total. The third kappa shape index (κ3) is 5.19. The lowest BCUT2D eigenvalue weighted by Crippen LogP contribution is -2.44. The van der Waals surface area contributed by atoms with Crippen LogP contribution in [0.25, 0.3) is 6.08 Å². The van der Waals surface area contributed by atoms with Crippen LogP contribution in [0.3, 0.4) is 0 Å². The standard InChI is InChI=1S/C26H28N2O4/c1-31-21-11-7-10-20(16-21)17-24-26(30)28(22-12-5-6-13-23(22)32-24)18-25(29)27-15-14-19-8-3-2-4-9-19/h5-8,10-13,16-17H,2-4,9,14-15,18H2,1H3,(H,27,29)/b24-17+. The molecular formula is C26H28N2O4. The summed E-state index contributed by atoms with van der Waals surface area (Å²) in [6.07, 6.45) is 9.53. The van der Waals surface area contributed by atoms with Crippen LogP contribution in [-0.2, 0) is 9.59 Å². The summed E-state index contributed by atoms with van der Waals surface area (Å²) in [7, 11) is 1.59. The number of hydrogen-bond donors (Lipinski definition) is 1. The fourth-order valence-electron chi connectivity index (χ4n) is 4.00. The summed E-state index contributed by atoms with van der Waals surface area (Å²) in [5, 5.41) is 2.96. The van der Waals surface area contributed by atoms with Crippen LogP contribution in [-0.4, -0.2) is 32.0 Å². The van der Waals surface area contributed by atoms with Gasteiger partial charge in [0.05, 0.1) is 12.8 Å². The first-order valence-electron chi connectivity index (χ1n) is 11.0. The van der Waals surface area contributed by atoms with Gasteiger partial charge in [-0.3, -0.25) is 14.5 Å². The number of para-hydroxylation sites is 2. The van der Waals surface area contributed by atoms with E-state index in [9.17, 15) is 9.59 Å². The highest BCUT2D eigenvalue weighted by Crippen LogP contribution is 2.35. The number of carbonyl (C=O) groups excluding carboxylic acids is 2. The molecule has 4 rings (SSSR count). The van der Waals surface area contributed by atoms with Crippen LogP contribution >= 0.6 is 0 Å². The van der Waals surface area contributed by atoms with Gasteiger partial charge in [-0.15, -0.1) is 0 Å². The van der Waals surface area contributed by atoms with Gasteiger partial charge in [0.2, 0.25) is 5.91 Å². The molecule has 0 atom stereocenters. The minimum Gasteiger partial charge on any atom is -0.497 e. The second-order valence-electron chi connectivity index (χ2n) is 7.95. The fraction of sp³-hybridized carbons (Fsp3) is 0.308. The minimum absolute atomic E-state index is 0.0618. The molecule has 32 heavy (non-hydrogen) atoms. The molecule has 0 saturated carbocycles. The Morgan fingerprint density at radius 3 is 2.88 bits per heavy atom. The van der Waals surface area contributed by atoms with Crippen LogP contribution < -0.4 is 19.7 Å². The summed E-state index contributed by atoms with van der Waals surface area (Å²) >= 11 is 0. The van der Waals surface area contributed by atoms with E-state index >= 15 is 0 Å². The third-order valence-electron chi connectivity index (χ3n) is 5.68. The number of nitrogens with zero attached hydrogens (tertiary/aromatic N) is 1. The number of anilines is 1. The molecule has 1 heterocycles. The smallest absolute Gasteiger partial charge is 0.294 e. The SMILES string of the molecule is COc1cccc(/C=C2/Oc3ccccc3N(CC(=O)NCCC3=CCCCC3)C2=O)c1. The number of hydrogen-bond acceptors (Lipinski definition) is 4. The van der Waals surface area contributed by atoms with Crippen LogP contribution in [0.5, 0.6) is 11.5 Å². The topological polar surface area (TPSA) is 67.9 Å². The van der Waals surface area contributed by atoms with E-state index in [-0.39, 0.29) is 24.1 Å². The summed E-state index contributed by atoms with van der Waals surface area (Å²) in [4.78, 5) is 27.3. The van der Waals surface area contributed by atoms with Gasteiger partial charge in [-0.2, -0.15) is 0 Å². The monoisotopic (exact) mass is 432 g/mol. The molecule has 0 bridgehead atoms. The van der Waals surface area contributed by atoms with Crippen molar-refractivity contribution in [2.24, 2.45) is 0 Å². The number of amides is 2. The predicted molar refractivity (Wildman–Crippen MR) is 125 cm³/mol. The first kappa shape index (κ1) is 21.7. The average molecular weight is 433 g/mol. The van der Waals surface area contributed by atoms with Crippen molar-refractivity contribution in [3.05, 3.63) is 71.5 Å². The highest BCUT2D eigenvalue weighted by molar-refractivity contribution is 6.12. The van der Waals surface area contributed by atoms with Gasteiger partial charge in [0, 0.05) is 6.54 Å². The number of nitrogens with one attached hydrogen (secondary N) is 1. The summed E-state index contributed by atoms with van der Waals surface area (Å²) in [6, 6.07) is 14.6. The Bertz CT molecular complexity index is 1060. The highest BCUT2D eigenvalue weighted by atomic mass is 16.5. The van der Waals surface area contributed by atoms with Crippen molar-refractivity contribution in [1.82, 2.24) is 5.32 Å². The van der Waals surface area contributed by atoms with Gasteiger partial charge in [0.25, 0.3) is 5.91 Å². The van der Waals surface area contributed by atoms with Crippen molar-refractivity contribution in [1.29, 1.82) is 0 Å². The second-order valence-corrected chi connectivity index (χ2v) is 7.95. The molecule has 0 fully saturated rings. The van der Waals surface area contributed by atoms with E-state index in [4.69, 9.17) is 9.47 Å². The van der Waals surface area contributed by atoms with E-state index in [1.54, 1.807) is 25.3 Å². The number of carbonyl (C=O) groups is 2. The van der Waals surface area contributed by atoms with Gasteiger partial charge in [0.15, 0.2) is 11.5 Å². The number of allylic oxidation sites excluding steroid dienone is 1. The van der Waals surface area contributed by atoms with Gasteiger partial charge in [-0.25, -0.2) is 0 Å². The number of methoxy groups -OCH3 is 1. The molecule has 1 N–H and O–H groups in total. The lowest BCUT2D eigenvalue weighted by Gasteiger charge is -2.30. The Morgan fingerprint density at radius 1 is 1.19 bits per heavy atom. The molecule has 2 amide bonds. The van der Waals surface area contributed by atoms with E-state index < -0.39 is 0 Å². The van der Waals surface area contributed by atoms with Gasteiger partial charge in [-0.05, 0) is 68.0 Å². The van der Waals surface area contributed by atoms with Crippen molar-refractivity contribution in [3.63, 3.8) is 0 Å². The van der Waals surface area contributed by atoms with Crippen molar-refractivity contribution < 1.29 is 19.1 Å². The largest absolute Gasteiger partial charge is 0.497 e. The quantitative estimate of drug-likeness (QED) is 0.518. The van der Waals surface area contributed by atoms with Crippen molar-refractivity contribution in [2.45, 2.75) is 32.1 Å². The molecule has 1 aliphatic carbocycles. The summed E-state index contributed by atoms with van der Waals surface area (Å²) < 4.78 is 11.1. The molecule has 0 spiro atoms.